The van der Waals surface area contributed by atoms with Crippen LogP contribution in [0.2, 0.25) is 0 Å². The van der Waals surface area contributed by atoms with Crippen LogP contribution in [0.3, 0.4) is 0 Å². The number of hydrogen-bond acceptors (Lipinski definition) is 3. The maximum Gasteiger partial charge on any atom is 0.417 e. The molecule has 15 heavy (non-hydrogen) atoms. The van der Waals surface area contributed by atoms with Crippen LogP contribution in [-0.4, -0.2) is 13.4 Å². The second-order valence-electron chi connectivity index (χ2n) is 2.72. The summed E-state index contributed by atoms with van der Waals surface area (Å²) >= 11 is 0. The van der Waals surface area contributed by atoms with Gasteiger partial charge in [0, 0.05) is 6.20 Å². The Kier molecular flexibility index (Phi) is 2.98. The Hall–Kier alpha value is -1.18. The van der Waals surface area contributed by atoms with Gasteiger partial charge in [-0.3, -0.25) is 4.98 Å². The third-order valence-corrected chi connectivity index (χ3v) is 2.11. The van der Waals surface area contributed by atoms with E-state index in [0.717, 1.165) is 6.07 Å². The van der Waals surface area contributed by atoms with Crippen molar-refractivity contribution in [3.05, 3.63) is 29.6 Å². The minimum Gasteiger partial charge on any atom is -0.259 e. The molecule has 0 saturated heterocycles. The number of nitrogens with zero attached hydrogens (tertiary/aromatic N) is 1. The Morgan fingerprint density at radius 1 is 1.27 bits per heavy atom. The van der Waals surface area contributed by atoms with E-state index in [1.807, 2.05) is 0 Å². The third kappa shape index (κ3) is 3.82. The molecule has 3 nitrogen and oxygen atoms in total. The first-order valence-electron chi connectivity index (χ1n) is 3.63. The summed E-state index contributed by atoms with van der Waals surface area (Å²) in [6.07, 6.45) is -4.08. The van der Waals surface area contributed by atoms with Crippen molar-refractivity contribution in [2.75, 3.05) is 0 Å². The van der Waals surface area contributed by atoms with E-state index < -0.39 is 27.7 Å². The smallest absolute Gasteiger partial charge is 0.259 e. The number of pyridine rings is 1. The number of rotatable bonds is 2. The zero-order valence-corrected chi connectivity index (χ0v) is 7.94. The SMILES string of the molecule is O=S(=O)(F)Cc1ccc(C(F)(F)F)cn1. The van der Waals surface area contributed by atoms with Gasteiger partial charge in [-0.25, -0.2) is 0 Å². The van der Waals surface area contributed by atoms with Crippen LogP contribution in [0.25, 0.3) is 0 Å². The van der Waals surface area contributed by atoms with E-state index in [1.165, 1.54) is 0 Å². The van der Waals surface area contributed by atoms with E-state index in [9.17, 15) is 25.5 Å². The van der Waals surface area contributed by atoms with E-state index in [-0.39, 0.29) is 5.69 Å². The molecule has 0 aliphatic carbocycles. The van der Waals surface area contributed by atoms with E-state index in [1.54, 1.807) is 0 Å². The zero-order chi connectivity index (χ0) is 11.7. The van der Waals surface area contributed by atoms with E-state index in [2.05, 4.69) is 4.98 Å². The minimum atomic E-state index is -4.77. The van der Waals surface area contributed by atoms with Gasteiger partial charge < -0.3 is 0 Å². The summed E-state index contributed by atoms with van der Waals surface area (Å²) in [6.45, 7) is 0. The molecule has 1 heterocycles. The zero-order valence-electron chi connectivity index (χ0n) is 7.12. The summed E-state index contributed by atoms with van der Waals surface area (Å²) in [7, 11) is -4.77. The summed E-state index contributed by atoms with van der Waals surface area (Å²) in [5.74, 6) is -1.02. The van der Waals surface area contributed by atoms with Crippen molar-refractivity contribution >= 4 is 10.2 Å². The molecular formula is C7H5F4NO2S. The van der Waals surface area contributed by atoms with Crippen molar-refractivity contribution in [3.63, 3.8) is 0 Å². The van der Waals surface area contributed by atoms with Gasteiger partial charge in [0.25, 0.3) is 0 Å². The molecule has 0 amide bonds. The van der Waals surface area contributed by atoms with Crippen LogP contribution in [0.1, 0.15) is 11.3 Å². The molecule has 0 fully saturated rings. The molecule has 0 aromatic carbocycles. The molecule has 0 unspecified atom stereocenters. The van der Waals surface area contributed by atoms with Crippen LogP contribution in [-0.2, 0) is 22.2 Å². The fourth-order valence-corrected chi connectivity index (χ4v) is 1.38. The Bertz CT molecular complexity index is 437. The fourth-order valence-electron chi connectivity index (χ4n) is 0.854. The first kappa shape index (κ1) is 11.9. The Morgan fingerprint density at radius 3 is 2.20 bits per heavy atom. The molecule has 0 aliphatic rings. The number of aromatic nitrogens is 1. The van der Waals surface area contributed by atoms with E-state index in [4.69, 9.17) is 0 Å². The largest absolute Gasteiger partial charge is 0.417 e. The lowest BCUT2D eigenvalue weighted by molar-refractivity contribution is -0.137. The molecule has 0 saturated carbocycles. The standard InChI is InChI=1S/C7H5F4NO2S/c8-7(9,10)5-1-2-6(12-3-5)4-15(11,13)14/h1-3H,4H2. The van der Waals surface area contributed by atoms with Crippen molar-refractivity contribution in [1.29, 1.82) is 0 Å². The van der Waals surface area contributed by atoms with E-state index in [0.29, 0.717) is 12.3 Å². The molecule has 0 bridgehead atoms. The van der Waals surface area contributed by atoms with Crippen molar-refractivity contribution in [2.45, 2.75) is 11.9 Å². The lowest BCUT2D eigenvalue weighted by Gasteiger charge is -2.05. The summed E-state index contributed by atoms with van der Waals surface area (Å²) < 4.78 is 68.5. The molecule has 0 N–H and O–H groups in total. The molecule has 0 spiro atoms. The molecule has 84 valence electrons. The van der Waals surface area contributed by atoms with Gasteiger partial charge in [0.15, 0.2) is 0 Å². The molecule has 8 heteroatoms. The maximum absolute atomic E-state index is 12.1. The van der Waals surface area contributed by atoms with Crippen LogP contribution >= 0.6 is 0 Å². The lowest BCUT2D eigenvalue weighted by Crippen LogP contribution is -2.06. The van der Waals surface area contributed by atoms with Crippen LogP contribution in [0.15, 0.2) is 18.3 Å². The quantitative estimate of drug-likeness (QED) is 0.588. The van der Waals surface area contributed by atoms with Crippen LogP contribution in [0.5, 0.6) is 0 Å². The summed E-state index contributed by atoms with van der Waals surface area (Å²) in [6, 6.07) is 1.47. The average molecular weight is 243 g/mol. The van der Waals surface area contributed by atoms with Crippen LogP contribution in [0, 0.1) is 0 Å². The lowest BCUT2D eigenvalue weighted by atomic mass is 10.2. The summed E-state index contributed by atoms with van der Waals surface area (Å²) in [5.41, 5.74) is -1.28. The molecule has 1 rings (SSSR count). The van der Waals surface area contributed by atoms with Crippen molar-refractivity contribution in [3.8, 4) is 0 Å². The number of halogens is 4. The van der Waals surface area contributed by atoms with E-state index >= 15 is 0 Å². The molecular weight excluding hydrogens is 238 g/mol. The molecule has 0 radical (unpaired) electrons. The predicted molar refractivity (Wildman–Crippen MR) is 43.0 cm³/mol. The third-order valence-electron chi connectivity index (χ3n) is 1.47. The molecule has 1 aromatic rings. The van der Waals surface area contributed by atoms with Crippen molar-refractivity contribution in [2.24, 2.45) is 0 Å². The van der Waals surface area contributed by atoms with Gasteiger partial charge in [-0.15, -0.1) is 3.89 Å². The number of hydrogen-bond donors (Lipinski definition) is 0. The van der Waals surface area contributed by atoms with Gasteiger partial charge in [-0.05, 0) is 12.1 Å². The average Bonchev–Trinajstić information content (AvgIpc) is 2.00. The maximum atomic E-state index is 12.1. The topological polar surface area (TPSA) is 47.0 Å². The van der Waals surface area contributed by atoms with Crippen LogP contribution in [0.4, 0.5) is 17.1 Å². The minimum absolute atomic E-state index is 0.273. The van der Waals surface area contributed by atoms with Crippen molar-refractivity contribution < 1.29 is 25.5 Å². The second-order valence-corrected chi connectivity index (χ2v) is 4.09. The molecule has 1 aromatic heterocycles. The fraction of sp³-hybridized carbons (Fsp3) is 0.286. The van der Waals surface area contributed by atoms with Gasteiger partial charge in [-0.1, -0.05) is 0 Å². The predicted octanol–water partition coefficient (Wildman–Crippen LogP) is 1.90. The van der Waals surface area contributed by atoms with Gasteiger partial charge in [0.2, 0.25) is 0 Å². The Balaban J connectivity index is 2.91. The monoisotopic (exact) mass is 243 g/mol. The van der Waals surface area contributed by atoms with Crippen molar-refractivity contribution in [1.82, 2.24) is 4.98 Å². The second kappa shape index (κ2) is 3.76. The van der Waals surface area contributed by atoms with Gasteiger partial charge in [0.05, 0.1) is 11.3 Å². The van der Waals surface area contributed by atoms with Gasteiger partial charge in [0.1, 0.15) is 5.75 Å². The summed E-state index contributed by atoms with van der Waals surface area (Å²) in [4.78, 5) is 3.19. The summed E-state index contributed by atoms with van der Waals surface area (Å²) in [5, 5.41) is 0. The normalized spacial score (nSPS) is 12.8. The van der Waals surface area contributed by atoms with Gasteiger partial charge >= 0.3 is 16.4 Å². The molecule has 0 aliphatic heterocycles. The first-order valence-corrected chi connectivity index (χ1v) is 5.18. The Labute approximate surface area is 83.0 Å². The number of alkyl halides is 3. The highest BCUT2D eigenvalue weighted by Gasteiger charge is 2.30. The highest BCUT2D eigenvalue weighted by molar-refractivity contribution is 7.85. The van der Waals surface area contributed by atoms with Crippen LogP contribution < -0.4 is 0 Å². The first-order chi connectivity index (χ1) is 6.68. The highest BCUT2D eigenvalue weighted by Crippen LogP contribution is 2.28. The van der Waals surface area contributed by atoms with Gasteiger partial charge in [-0.2, -0.15) is 21.6 Å². The highest BCUT2D eigenvalue weighted by atomic mass is 32.3. The Morgan fingerprint density at radius 2 is 1.87 bits per heavy atom. The molecule has 0 atom stereocenters.